The maximum atomic E-state index is 12.7. The zero-order valence-electron chi connectivity index (χ0n) is 17.6. The van der Waals surface area contributed by atoms with Crippen molar-refractivity contribution in [3.8, 4) is 0 Å². The number of hydrogen-bond acceptors (Lipinski definition) is 4. The van der Waals surface area contributed by atoms with Crippen LogP contribution in [0.25, 0.3) is 10.9 Å². The molecule has 2 amide bonds. The Hall–Kier alpha value is -3.03. The number of hydrogen-bond donors (Lipinski definition) is 3. The summed E-state index contributed by atoms with van der Waals surface area (Å²) in [4.78, 5) is 41.3. The SMILES string of the molecule is CC(C)(C)OC(=O)N1CCC(C(=O)N[C@H](Cc2c[nH]c3ccccc23)C(=O)O)CC1. The fraction of sp³-hybridized carbons (Fsp3) is 0.500. The second-order valence-corrected chi connectivity index (χ2v) is 8.70. The number of carbonyl (C=O) groups is 3. The summed E-state index contributed by atoms with van der Waals surface area (Å²) in [5.74, 6) is -1.68. The van der Waals surface area contributed by atoms with Crippen molar-refractivity contribution < 1.29 is 24.2 Å². The number of carboxylic acids is 1. The number of rotatable bonds is 5. The third-order valence-corrected chi connectivity index (χ3v) is 5.23. The summed E-state index contributed by atoms with van der Waals surface area (Å²) in [6.45, 7) is 6.25. The van der Waals surface area contributed by atoms with Gasteiger partial charge in [0, 0.05) is 42.5 Å². The predicted octanol–water partition coefficient (Wildman–Crippen LogP) is 2.93. The molecular formula is C22H29N3O5. The summed E-state index contributed by atoms with van der Waals surface area (Å²) in [5.41, 5.74) is 1.21. The Morgan fingerprint density at radius 1 is 1.23 bits per heavy atom. The summed E-state index contributed by atoms with van der Waals surface area (Å²) in [6, 6.07) is 6.63. The number of carboxylic acid groups (broad SMARTS) is 1. The number of aliphatic carboxylic acids is 1. The maximum Gasteiger partial charge on any atom is 0.410 e. The van der Waals surface area contributed by atoms with Gasteiger partial charge in [0.25, 0.3) is 0 Å². The average molecular weight is 415 g/mol. The molecule has 1 saturated heterocycles. The van der Waals surface area contributed by atoms with Gasteiger partial charge in [0.2, 0.25) is 5.91 Å². The molecule has 1 aromatic heterocycles. The number of ether oxygens (including phenoxy) is 1. The van der Waals surface area contributed by atoms with E-state index in [0.717, 1.165) is 16.5 Å². The Morgan fingerprint density at radius 3 is 2.53 bits per heavy atom. The molecule has 0 aliphatic carbocycles. The number of nitrogens with one attached hydrogen (secondary N) is 2. The first kappa shape index (κ1) is 21.7. The van der Waals surface area contributed by atoms with Crippen molar-refractivity contribution in [1.29, 1.82) is 0 Å². The van der Waals surface area contributed by atoms with Gasteiger partial charge >= 0.3 is 12.1 Å². The predicted molar refractivity (Wildman–Crippen MR) is 112 cm³/mol. The molecule has 1 aliphatic heterocycles. The van der Waals surface area contributed by atoms with Crippen LogP contribution in [0.1, 0.15) is 39.2 Å². The van der Waals surface area contributed by atoms with Crippen molar-refractivity contribution in [3.05, 3.63) is 36.0 Å². The molecule has 3 N–H and O–H groups in total. The van der Waals surface area contributed by atoms with Crippen LogP contribution < -0.4 is 5.32 Å². The van der Waals surface area contributed by atoms with E-state index < -0.39 is 17.6 Å². The van der Waals surface area contributed by atoms with E-state index in [2.05, 4.69) is 10.3 Å². The van der Waals surface area contributed by atoms with Crippen LogP contribution in [0.15, 0.2) is 30.5 Å². The molecule has 162 valence electrons. The molecule has 0 bridgehead atoms. The minimum Gasteiger partial charge on any atom is -0.480 e. The van der Waals surface area contributed by atoms with E-state index in [9.17, 15) is 19.5 Å². The van der Waals surface area contributed by atoms with Gasteiger partial charge in [-0.1, -0.05) is 18.2 Å². The summed E-state index contributed by atoms with van der Waals surface area (Å²) in [7, 11) is 0. The topological polar surface area (TPSA) is 112 Å². The third-order valence-electron chi connectivity index (χ3n) is 5.23. The number of aromatic amines is 1. The number of aromatic nitrogens is 1. The van der Waals surface area contributed by atoms with Crippen LogP contribution in [0.5, 0.6) is 0 Å². The number of piperidine rings is 1. The highest BCUT2D eigenvalue weighted by Crippen LogP contribution is 2.22. The molecule has 0 saturated carbocycles. The smallest absolute Gasteiger partial charge is 0.410 e. The molecule has 1 aliphatic rings. The fourth-order valence-corrected chi connectivity index (χ4v) is 3.66. The lowest BCUT2D eigenvalue weighted by Gasteiger charge is -2.33. The number of fused-ring (bicyclic) bond motifs is 1. The molecule has 1 aromatic carbocycles. The van der Waals surface area contributed by atoms with Crippen molar-refractivity contribution in [1.82, 2.24) is 15.2 Å². The number of para-hydroxylation sites is 1. The minimum absolute atomic E-state index is 0.196. The Labute approximate surface area is 175 Å². The highest BCUT2D eigenvalue weighted by atomic mass is 16.6. The van der Waals surface area contributed by atoms with Gasteiger partial charge in [-0.2, -0.15) is 0 Å². The normalized spacial score (nSPS) is 16.3. The lowest BCUT2D eigenvalue weighted by molar-refractivity contribution is -0.142. The quantitative estimate of drug-likeness (QED) is 0.695. The molecule has 3 rings (SSSR count). The van der Waals surface area contributed by atoms with E-state index in [1.807, 2.05) is 45.0 Å². The minimum atomic E-state index is -1.07. The number of nitrogens with zero attached hydrogens (tertiary/aromatic N) is 1. The standard InChI is InChI=1S/C22H29N3O5/c1-22(2,3)30-21(29)25-10-8-14(9-11-25)19(26)24-18(20(27)28)12-15-13-23-17-7-5-4-6-16(15)17/h4-7,13-14,18,23H,8-12H2,1-3H3,(H,24,26)(H,27,28)/t18-/m1/s1. The summed E-state index contributed by atoms with van der Waals surface area (Å²) in [6.07, 6.45) is 2.55. The Balaban J connectivity index is 1.57. The van der Waals surface area contributed by atoms with Crippen LogP contribution in [0.3, 0.4) is 0 Å². The van der Waals surface area contributed by atoms with Gasteiger partial charge < -0.3 is 25.0 Å². The van der Waals surface area contributed by atoms with Gasteiger partial charge in [0.1, 0.15) is 11.6 Å². The molecule has 2 aromatic rings. The lowest BCUT2D eigenvalue weighted by Crippen LogP contribution is -2.48. The Morgan fingerprint density at radius 2 is 1.90 bits per heavy atom. The molecule has 0 unspecified atom stereocenters. The summed E-state index contributed by atoms with van der Waals surface area (Å²) < 4.78 is 5.37. The molecule has 1 atom stereocenters. The van der Waals surface area contributed by atoms with E-state index in [1.165, 1.54) is 0 Å². The van der Waals surface area contributed by atoms with E-state index in [4.69, 9.17) is 4.74 Å². The van der Waals surface area contributed by atoms with Gasteiger partial charge in [-0.25, -0.2) is 9.59 Å². The number of likely N-dealkylation sites (tertiary alicyclic amines) is 1. The summed E-state index contributed by atoms with van der Waals surface area (Å²) in [5, 5.41) is 13.3. The van der Waals surface area contributed by atoms with Gasteiger partial charge in [0.05, 0.1) is 0 Å². The van der Waals surface area contributed by atoms with Gasteiger partial charge in [0.15, 0.2) is 0 Å². The monoisotopic (exact) mass is 415 g/mol. The second kappa shape index (κ2) is 8.77. The highest BCUT2D eigenvalue weighted by molar-refractivity contribution is 5.87. The Bertz CT molecular complexity index is 922. The van der Waals surface area contributed by atoms with E-state index in [1.54, 1.807) is 11.1 Å². The van der Waals surface area contributed by atoms with Crippen LogP contribution in [0, 0.1) is 5.92 Å². The first-order chi connectivity index (χ1) is 14.1. The molecular weight excluding hydrogens is 386 g/mol. The molecule has 30 heavy (non-hydrogen) atoms. The molecule has 8 heteroatoms. The number of amides is 2. The van der Waals surface area contributed by atoms with Gasteiger partial charge in [-0.05, 0) is 45.2 Å². The van der Waals surface area contributed by atoms with E-state index in [-0.39, 0.29) is 24.3 Å². The first-order valence-corrected chi connectivity index (χ1v) is 10.2. The van der Waals surface area contributed by atoms with Crippen LogP contribution in [-0.4, -0.2) is 57.7 Å². The average Bonchev–Trinajstić information content (AvgIpc) is 3.09. The summed E-state index contributed by atoms with van der Waals surface area (Å²) >= 11 is 0. The van der Waals surface area contributed by atoms with Gasteiger partial charge in [-0.15, -0.1) is 0 Å². The van der Waals surface area contributed by atoms with Crippen molar-refractivity contribution in [3.63, 3.8) is 0 Å². The molecule has 2 heterocycles. The number of H-pyrrole nitrogens is 1. The molecule has 0 radical (unpaired) electrons. The fourth-order valence-electron chi connectivity index (χ4n) is 3.66. The van der Waals surface area contributed by atoms with E-state index >= 15 is 0 Å². The highest BCUT2D eigenvalue weighted by Gasteiger charge is 2.32. The van der Waals surface area contributed by atoms with Crippen LogP contribution >= 0.6 is 0 Å². The second-order valence-electron chi connectivity index (χ2n) is 8.70. The van der Waals surface area contributed by atoms with Gasteiger partial charge in [-0.3, -0.25) is 4.79 Å². The lowest BCUT2D eigenvalue weighted by atomic mass is 9.95. The number of carbonyl (C=O) groups excluding carboxylic acids is 2. The zero-order valence-corrected chi connectivity index (χ0v) is 17.6. The van der Waals surface area contributed by atoms with Crippen LogP contribution in [0.4, 0.5) is 4.79 Å². The molecule has 8 nitrogen and oxygen atoms in total. The third kappa shape index (κ3) is 5.31. The molecule has 1 fully saturated rings. The van der Waals surface area contributed by atoms with Crippen LogP contribution in [0.2, 0.25) is 0 Å². The number of benzene rings is 1. The van der Waals surface area contributed by atoms with E-state index in [0.29, 0.717) is 25.9 Å². The zero-order chi connectivity index (χ0) is 21.9. The first-order valence-electron chi connectivity index (χ1n) is 10.2. The maximum absolute atomic E-state index is 12.7. The largest absolute Gasteiger partial charge is 0.480 e. The van der Waals surface area contributed by atoms with Crippen molar-refractivity contribution in [2.45, 2.75) is 51.7 Å². The Kier molecular flexibility index (Phi) is 6.34. The van der Waals surface area contributed by atoms with Crippen molar-refractivity contribution >= 4 is 28.9 Å². The van der Waals surface area contributed by atoms with Crippen LogP contribution in [-0.2, 0) is 20.7 Å². The van der Waals surface area contributed by atoms with Crippen molar-refractivity contribution in [2.75, 3.05) is 13.1 Å². The molecule has 0 spiro atoms. The van der Waals surface area contributed by atoms with Crippen molar-refractivity contribution in [2.24, 2.45) is 5.92 Å².